The van der Waals surface area contributed by atoms with E-state index in [1.807, 2.05) is 6.07 Å². The van der Waals surface area contributed by atoms with Crippen LogP contribution in [-0.4, -0.2) is 25.8 Å². The van der Waals surface area contributed by atoms with E-state index in [-0.39, 0.29) is 17.4 Å². The summed E-state index contributed by atoms with van der Waals surface area (Å²) in [5.74, 6) is -2.64. The number of nitriles is 1. The van der Waals surface area contributed by atoms with Crippen LogP contribution in [0.4, 0.5) is 8.78 Å². The summed E-state index contributed by atoms with van der Waals surface area (Å²) in [5, 5.41) is 8.84. The van der Waals surface area contributed by atoms with Crippen LogP contribution >= 0.6 is 0 Å². The van der Waals surface area contributed by atoms with Crippen molar-refractivity contribution in [2.45, 2.75) is 17.7 Å². The minimum atomic E-state index is -3.87. The molecule has 0 aromatic heterocycles. The Hall–Kier alpha value is -1.52. The zero-order valence-corrected chi connectivity index (χ0v) is 10.8. The van der Waals surface area contributed by atoms with Crippen LogP contribution in [0.1, 0.15) is 12.8 Å². The molecule has 1 fully saturated rings. The molecule has 0 amide bonds. The topological polar surface area (TPSA) is 61.2 Å². The Morgan fingerprint density at radius 1 is 1.32 bits per heavy atom. The van der Waals surface area contributed by atoms with Gasteiger partial charge in [0.15, 0.2) is 11.6 Å². The van der Waals surface area contributed by atoms with E-state index in [0.29, 0.717) is 25.5 Å². The van der Waals surface area contributed by atoms with Gasteiger partial charge in [-0.25, -0.2) is 17.2 Å². The number of hydrogen-bond donors (Lipinski definition) is 0. The summed E-state index contributed by atoms with van der Waals surface area (Å²) in [6.07, 6.45) is 1.24. The van der Waals surface area contributed by atoms with Crippen molar-refractivity contribution < 1.29 is 17.2 Å². The minimum Gasteiger partial charge on any atom is -0.207 e. The first-order valence-electron chi connectivity index (χ1n) is 5.80. The predicted octanol–water partition coefficient (Wildman–Crippen LogP) is 1.89. The molecule has 7 heteroatoms. The van der Waals surface area contributed by atoms with Gasteiger partial charge in [0.1, 0.15) is 0 Å². The third kappa shape index (κ3) is 2.74. The number of nitrogens with zero attached hydrogens (tertiary/aromatic N) is 2. The molecule has 0 aliphatic carbocycles. The second kappa shape index (κ2) is 5.23. The number of halogens is 2. The molecule has 102 valence electrons. The van der Waals surface area contributed by atoms with Crippen LogP contribution in [-0.2, 0) is 10.0 Å². The Labute approximate surface area is 110 Å². The molecular formula is C12H12F2N2O2S. The molecule has 0 radical (unpaired) electrons. The van der Waals surface area contributed by atoms with Crippen molar-refractivity contribution in [2.24, 2.45) is 5.92 Å². The van der Waals surface area contributed by atoms with Gasteiger partial charge in [-0.15, -0.1) is 0 Å². The van der Waals surface area contributed by atoms with Gasteiger partial charge >= 0.3 is 0 Å². The van der Waals surface area contributed by atoms with Crippen molar-refractivity contribution in [1.82, 2.24) is 4.31 Å². The fourth-order valence-corrected chi connectivity index (χ4v) is 3.59. The maximum Gasteiger partial charge on any atom is 0.243 e. The van der Waals surface area contributed by atoms with Crippen molar-refractivity contribution in [3.63, 3.8) is 0 Å². The highest BCUT2D eigenvalue weighted by atomic mass is 32.2. The molecular weight excluding hydrogens is 274 g/mol. The summed E-state index contributed by atoms with van der Waals surface area (Å²) < 4.78 is 51.6. The van der Waals surface area contributed by atoms with Gasteiger partial charge < -0.3 is 0 Å². The Kier molecular flexibility index (Phi) is 3.83. The highest BCUT2D eigenvalue weighted by Gasteiger charge is 2.30. The van der Waals surface area contributed by atoms with Gasteiger partial charge in [-0.05, 0) is 31.0 Å². The number of hydrogen-bond acceptors (Lipinski definition) is 3. The molecule has 0 spiro atoms. The van der Waals surface area contributed by atoms with E-state index in [0.717, 1.165) is 16.4 Å². The van der Waals surface area contributed by atoms with Crippen molar-refractivity contribution in [1.29, 1.82) is 5.26 Å². The summed E-state index contributed by atoms with van der Waals surface area (Å²) in [7, 11) is -3.87. The zero-order valence-electron chi connectivity index (χ0n) is 10.0. The smallest absolute Gasteiger partial charge is 0.207 e. The molecule has 1 aliphatic rings. The van der Waals surface area contributed by atoms with Crippen LogP contribution in [0.3, 0.4) is 0 Å². The molecule has 0 bridgehead atoms. The number of benzene rings is 1. The summed E-state index contributed by atoms with van der Waals surface area (Å²) in [6, 6.07) is 4.52. The van der Waals surface area contributed by atoms with E-state index < -0.39 is 21.7 Å². The molecule has 1 saturated heterocycles. The second-order valence-corrected chi connectivity index (χ2v) is 6.35. The van der Waals surface area contributed by atoms with Crippen LogP contribution in [0, 0.1) is 28.9 Å². The highest BCUT2D eigenvalue weighted by molar-refractivity contribution is 7.89. The Morgan fingerprint density at radius 3 is 2.68 bits per heavy atom. The molecule has 19 heavy (non-hydrogen) atoms. The van der Waals surface area contributed by atoms with Crippen LogP contribution in [0.15, 0.2) is 23.1 Å². The van der Waals surface area contributed by atoms with Gasteiger partial charge in [0.25, 0.3) is 0 Å². The van der Waals surface area contributed by atoms with Gasteiger partial charge in [-0.1, -0.05) is 0 Å². The molecule has 1 unspecified atom stereocenters. The summed E-state index contributed by atoms with van der Waals surface area (Å²) in [5.41, 5.74) is 0. The first-order chi connectivity index (χ1) is 8.95. The van der Waals surface area contributed by atoms with E-state index in [2.05, 4.69) is 0 Å². The van der Waals surface area contributed by atoms with E-state index in [4.69, 9.17) is 5.26 Å². The maximum absolute atomic E-state index is 13.1. The molecule has 2 rings (SSSR count). The standard InChI is InChI=1S/C12H12F2N2O2S/c13-11-4-3-10(6-12(11)14)19(17,18)16-5-1-2-9(7-15)8-16/h3-4,6,9H,1-2,5,8H2. The lowest BCUT2D eigenvalue weighted by Crippen LogP contribution is -2.39. The quantitative estimate of drug-likeness (QED) is 0.834. The normalized spacial score (nSPS) is 21.0. The fourth-order valence-electron chi connectivity index (χ4n) is 2.05. The number of rotatable bonds is 2. The van der Waals surface area contributed by atoms with Crippen molar-refractivity contribution in [3.8, 4) is 6.07 Å². The predicted molar refractivity (Wildman–Crippen MR) is 63.5 cm³/mol. The van der Waals surface area contributed by atoms with Crippen molar-refractivity contribution in [3.05, 3.63) is 29.8 Å². The highest BCUT2D eigenvalue weighted by Crippen LogP contribution is 2.24. The molecule has 1 aliphatic heterocycles. The Balaban J connectivity index is 2.31. The summed E-state index contributed by atoms with van der Waals surface area (Å²) in [4.78, 5) is -0.287. The maximum atomic E-state index is 13.1. The largest absolute Gasteiger partial charge is 0.243 e. The molecule has 0 saturated carbocycles. The third-order valence-electron chi connectivity index (χ3n) is 3.10. The third-order valence-corrected chi connectivity index (χ3v) is 4.96. The van der Waals surface area contributed by atoms with Crippen molar-refractivity contribution in [2.75, 3.05) is 13.1 Å². The molecule has 1 heterocycles. The van der Waals surface area contributed by atoms with E-state index in [9.17, 15) is 17.2 Å². The van der Waals surface area contributed by atoms with Crippen LogP contribution in [0.25, 0.3) is 0 Å². The average Bonchev–Trinajstić information content (AvgIpc) is 2.41. The molecule has 1 atom stereocenters. The first-order valence-corrected chi connectivity index (χ1v) is 7.24. The first kappa shape index (κ1) is 13.9. The van der Waals surface area contributed by atoms with Gasteiger partial charge in [0, 0.05) is 13.1 Å². The van der Waals surface area contributed by atoms with Gasteiger partial charge in [0.2, 0.25) is 10.0 Å². The summed E-state index contributed by atoms with van der Waals surface area (Å²) in [6.45, 7) is 0.386. The monoisotopic (exact) mass is 286 g/mol. The van der Waals surface area contributed by atoms with Gasteiger partial charge in [0.05, 0.1) is 16.9 Å². The van der Waals surface area contributed by atoms with E-state index >= 15 is 0 Å². The summed E-state index contributed by atoms with van der Waals surface area (Å²) >= 11 is 0. The number of sulfonamides is 1. The van der Waals surface area contributed by atoms with Crippen LogP contribution in [0.5, 0.6) is 0 Å². The second-order valence-electron chi connectivity index (χ2n) is 4.41. The number of piperidine rings is 1. The zero-order chi connectivity index (χ0) is 14.0. The molecule has 4 nitrogen and oxygen atoms in total. The fraction of sp³-hybridized carbons (Fsp3) is 0.417. The SMILES string of the molecule is N#CC1CCCN(S(=O)(=O)c2ccc(F)c(F)c2)C1. The molecule has 1 aromatic carbocycles. The van der Waals surface area contributed by atoms with Crippen molar-refractivity contribution >= 4 is 10.0 Å². The lowest BCUT2D eigenvalue weighted by atomic mass is 10.0. The lowest BCUT2D eigenvalue weighted by molar-refractivity contribution is 0.305. The van der Waals surface area contributed by atoms with Crippen LogP contribution in [0.2, 0.25) is 0 Å². The van der Waals surface area contributed by atoms with E-state index in [1.54, 1.807) is 0 Å². The molecule has 1 aromatic rings. The average molecular weight is 286 g/mol. The minimum absolute atomic E-state index is 0.0951. The van der Waals surface area contributed by atoms with Gasteiger partial charge in [-0.3, -0.25) is 0 Å². The lowest BCUT2D eigenvalue weighted by Gasteiger charge is -2.28. The van der Waals surface area contributed by atoms with Gasteiger partial charge in [-0.2, -0.15) is 9.57 Å². The van der Waals surface area contributed by atoms with E-state index in [1.165, 1.54) is 0 Å². The Bertz CT molecular complexity index is 625. The Morgan fingerprint density at radius 2 is 2.05 bits per heavy atom. The van der Waals surface area contributed by atoms with Crippen LogP contribution < -0.4 is 0 Å². The molecule has 0 N–H and O–H groups in total.